The summed E-state index contributed by atoms with van der Waals surface area (Å²) in [6, 6.07) is 9.65. The molecule has 0 spiro atoms. The lowest BCUT2D eigenvalue weighted by Gasteiger charge is -2.36. The summed E-state index contributed by atoms with van der Waals surface area (Å²) in [4.78, 5) is 9.34. The van der Waals surface area contributed by atoms with E-state index in [1.807, 2.05) is 11.3 Å². The topological polar surface area (TPSA) is 9.72 Å². The normalized spacial score (nSPS) is 24.7. The number of rotatable bonds is 3. The Bertz CT molecular complexity index is 672. The van der Waals surface area contributed by atoms with Gasteiger partial charge in [-0.25, -0.2) is 0 Å². The highest BCUT2D eigenvalue weighted by atomic mass is 32.1. The van der Waals surface area contributed by atoms with Gasteiger partial charge in [-0.2, -0.15) is 0 Å². The highest BCUT2D eigenvalue weighted by Crippen LogP contribution is 2.32. The van der Waals surface area contributed by atoms with Crippen molar-refractivity contribution in [1.82, 2.24) is 14.7 Å². The Morgan fingerprint density at radius 3 is 2.70 bits per heavy atom. The maximum Gasteiger partial charge on any atom is 0.0348 e. The molecule has 0 N–H and O–H groups in total. The molecule has 2 aliphatic heterocycles. The quantitative estimate of drug-likeness (QED) is 0.857. The van der Waals surface area contributed by atoms with Gasteiger partial charge in [-0.15, -0.1) is 11.3 Å². The van der Waals surface area contributed by atoms with E-state index < -0.39 is 0 Å². The maximum absolute atomic E-state index is 2.72. The largest absolute Gasteiger partial charge is 0.304 e. The van der Waals surface area contributed by atoms with Crippen molar-refractivity contribution in [2.24, 2.45) is 0 Å². The smallest absolute Gasteiger partial charge is 0.0348 e. The van der Waals surface area contributed by atoms with Crippen LogP contribution >= 0.6 is 11.3 Å². The maximum atomic E-state index is 2.72. The molecule has 4 rings (SSSR count). The van der Waals surface area contributed by atoms with Gasteiger partial charge in [0.05, 0.1) is 0 Å². The van der Waals surface area contributed by atoms with Crippen LogP contribution in [0.3, 0.4) is 0 Å². The summed E-state index contributed by atoms with van der Waals surface area (Å²) in [6.45, 7) is 10.8. The minimum Gasteiger partial charge on any atom is -0.304 e. The number of hydrogen-bond acceptors (Lipinski definition) is 4. The van der Waals surface area contributed by atoms with Gasteiger partial charge in [0.2, 0.25) is 0 Å². The fourth-order valence-corrected chi connectivity index (χ4v) is 5.16. The zero-order valence-electron chi connectivity index (χ0n) is 14.3. The van der Waals surface area contributed by atoms with Gasteiger partial charge in [0, 0.05) is 61.4 Å². The van der Waals surface area contributed by atoms with Crippen molar-refractivity contribution in [2.45, 2.75) is 25.9 Å². The molecule has 124 valence electrons. The second-order valence-corrected chi connectivity index (χ2v) is 8.41. The van der Waals surface area contributed by atoms with Crippen molar-refractivity contribution in [2.75, 3.05) is 46.3 Å². The van der Waals surface area contributed by atoms with Gasteiger partial charge in [0.1, 0.15) is 0 Å². The monoisotopic (exact) mass is 329 g/mol. The Labute approximate surface area is 143 Å². The van der Waals surface area contributed by atoms with Crippen LogP contribution in [0.1, 0.15) is 16.9 Å². The Hall–Kier alpha value is -0.940. The first-order valence-electron chi connectivity index (χ1n) is 8.82. The molecule has 2 saturated heterocycles. The summed E-state index contributed by atoms with van der Waals surface area (Å²) in [6.07, 6.45) is 1.34. The van der Waals surface area contributed by atoms with Crippen molar-refractivity contribution in [3.8, 4) is 0 Å². The van der Waals surface area contributed by atoms with Gasteiger partial charge in [0.25, 0.3) is 0 Å². The summed E-state index contributed by atoms with van der Waals surface area (Å²) < 4.78 is 1.44. The number of likely N-dealkylation sites (N-methyl/N-ethyl adjacent to an activating group) is 1. The van der Waals surface area contributed by atoms with Crippen LogP contribution in [-0.4, -0.2) is 67.1 Å². The molecule has 0 aliphatic carbocycles. The summed E-state index contributed by atoms with van der Waals surface area (Å²) in [5, 5.41) is 1.47. The second-order valence-electron chi connectivity index (χ2n) is 7.15. The molecule has 1 atom stereocenters. The van der Waals surface area contributed by atoms with Crippen LogP contribution in [0.5, 0.6) is 0 Å². The van der Waals surface area contributed by atoms with Gasteiger partial charge in [-0.1, -0.05) is 18.2 Å². The fourth-order valence-electron chi connectivity index (χ4n) is 4.08. The number of aryl methyl sites for hydroxylation is 1. The summed E-state index contributed by atoms with van der Waals surface area (Å²) in [5.41, 5.74) is 1.56. The third kappa shape index (κ3) is 3.18. The number of likely N-dealkylation sites (tertiary alicyclic amines) is 1. The predicted molar refractivity (Wildman–Crippen MR) is 99.3 cm³/mol. The van der Waals surface area contributed by atoms with E-state index in [9.17, 15) is 0 Å². The fraction of sp³-hybridized carbons (Fsp3) is 0.579. The van der Waals surface area contributed by atoms with E-state index in [0.29, 0.717) is 0 Å². The van der Waals surface area contributed by atoms with Crippen LogP contribution in [0.4, 0.5) is 0 Å². The SMILES string of the molecule is Cc1sc2ccccc2c1CN1CC[C@H](N2CCN(C)CC2)C1. The number of hydrogen-bond donors (Lipinski definition) is 0. The van der Waals surface area contributed by atoms with Gasteiger partial charge in [-0.05, 0) is 37.4 Å². The summed E-state index contributed by atoms with van der Waals surface area (Å²) in [7, 11) is 2.24. The number of piperazine rings is 1. The molecule has 0 bridgehead atoms. The lowest BCUT2D eigenvalue weighted by Crippen LogP contribution is -2.49. The van der Waals surface area contributed by atoms with E-state index in [1.54, 1.807) is 5.56 Å². The molecular weight excluding hydrogens is 302 g/mol. The molecule has 3 nitrogen and oxygen atoms in total. The lowest BCUT2D eigenvalue weighted by atomic mass is 10.1. The van der Waals surface area contributed by atoms with Gasteiger partial charge in [-0.3, -0.25) is 9.80 Å². The van der Waals surface area contributed by atoms with Crippen molar-refractivity contribution in [1.29, 1.82) is 0 Å². The standard InChI is InChI=1S/C19H27N3S/c1-15-18(17-5-3-4-6-19(17)23-15)14-21-8-7-16(13-21)22-11-9-20(2)10-12-22/h3-6,16H,7-14H2,1-2H3/t16-/m0/s1. The molecule has 0 amide bonds. The minimum absolute atomic E-state index is 0.772. The van der Waals surface area contributed by atoms with E-state index in [4.69, 9.17) is 0 Å². The molecule has 3 heterocycles. The van der Waals surface area contributed by atoms with Crippen molar-refractivity contribution in [3.05, 3.63) is 34.7 Å². The average Bonchev–Trinajstić information content (AvgIpc) is 3.14. The highest BCUT2D eigenvalue weighted by Gasteiger charge is 2.29. The molecule has 2 fully saturated rings. The number of benzene rings is 1. The van der Waals surface area contributed by atoms with Gasteiger partial charge >= 0.3 is 0 Å². The zero-order valence-corrected chi connectivity index (χ0v) is 15.1. The molecule has 2 aromatic rings. The molecule has 4 heteroatoms. The van der Waals surface area contributed by atoms with Crippen molar-refractivity contribution in [3.63, 3.8) is 0 Å². The molecule has 0 saturated carbocycles. The minimum atomic E-state index is 0.772. The lowest BCUT2D eigenvalue weighted by molar-refractivity contribution is 0.112. The van der Waals surface area contributed by atoms with Crippen LogP contribution in [0.15, 0.2) is 24.3 Å². The van der Waals surface area contributed by atoms with Crippen molar-refractivity contribution >= 4 is 21.4 Å². The predicted octanol–water partition coefficient (Wildman–Crippen LogP) is 3.03. The Morgan fingerprint density at radius 1 is 1.09 bits per heavy atom. The molecular formula is C19H27N3S. The first kappa shape index (κ1) is 15.6. The third-order valence-corrected chi connectivity index (χ3v) is 6.71. The first-order chi connectivity index (χ1) is 11.2. The van der Waals surface area contributed by atoms with E-state index >= 15 is 0 Å². The van der Waals surface area contributed by atoms with Gasteiger partial charge in [0.15, 0.2) is 0 Å². The number of fused-ring (bicyclic) bond motifs is 1. The summed E-state index contributed by atoms with van der Waals surface area (Å²) >= 11 is 1.95. The van der Waals surface area contributed by atoms with Crippen LogP contribution in [-0.2, 0) is 6.54 Å². The zero-order chi connectivity index (χ0) is 15.8. The molecule has 23 heavy (non-hydrogen) atoms. The van der Waals surface area contributed by atoms with Crippen LogP contribution in [0, 0.1) is 6.92 Å². The molecule has 1 aromatic heterocycles. The molecule has 0 radical (unpaired) electrons. The van der Waals surface area contributed by atoms with Crippen LogP contribution in [0.25, 0.3) is 10.1 Å². The first-order valence-corrected chi connectivity index (χ1v) is 9.64. The Morgan fingerprint density at radius 2 is 1.87 bits per heavy atom. The second kappa shape index (κ2) is 6.52. The molecule has 1 aromatic carbocycles. The summed E-state index contributed by atoms with van der Waals surface area (Å²) in [5.74, 6) is 0. The molecule has 0 unspecified atom stereocenters. The van der Waals surface area contributed by atoms with E-state index in [2.05, 4.69) is 52.9 Å². The number of nitrogens with zero attached hydrogens (tertiary/aromatic N) is 3. The van der Waals surface area contributed by atoms with E-state index in [0.717, 1.165) is 12.6 Å². The average molecular weight is 330 g/mol. The van der Waals surface area contributed by atoms with Crippen LogP contribution in [0.2, 0.25) is 0 Å². The Balaban J connectivity index is 1.43. The van der Waals surface area contributed by atoms with E-state index in [-0.39, 0.29) is 0 Å². The van der Waals surface area contributed by atoms with Crippen LogP contribution < -0.4 is 0 Å². The van der Waals surface area contributed by atoms with E-state index in [1.165, 1.54) is 60.7 Å². The Kier molecular flexibility index (Phi) is 4.41. The number of thiophene rings is 1. The van der Waals surface area contributed by atoms with Gasteiger partial charge < -0.3 is 4.90 Å². The highest BCUT2D eigenvalue weighted by molar-refractivity contribution is 7.19. The third-order valence-electron chi connectivity index (χ3n) is 5.58. The van der Waals surface area contributed by atoms with Crippen molar-refractivity contribution < 1.29 is 0 Å². The molecule has 2 aliphatic rings.